The van der Waals surface area contributed by atoms with Crippen molar-refractivity contribution in [2.75, 3.05) is 6.54 Å². The van der Waals surface area contributed by atoms with Gasteiger partial charge < -0.3 is 0 Å². The van der Waals surface area contributed by atoms with Crippen LogP contribution >= 0.6 is 0 Å². The van der Waals surface area contributed by atoms with Gasteiger partial charge in [0.2, 0.25) is 5.91 Å². The van der Waals surface area contributed by atoms with Gasteiger partial charge >= 0.3 is 6.18 Å². The molecule has 1 aliphatic rings. The molecule has 0 aliphatic carbocycles. The highest BCUT2D eigenvalue weighted by Gasteiger charge is 2.34. The lowest BCUT2D eigenvalue weighted by atomic mass is 10.1. The Kier molecular flexibility index (Phi) is 3.30. The van der Waals surface area contributed by atoms with Crippen LogP contribution in [0, 0.1) is 5.82 Å². The van der Waals surface area contributed by atoms with Gasteiger partial charge in [0.05, 0.1) is 11.1 Å². The van der Waals surface area contributed by atoms with Crippen molar-refractivity contribution in [3.05, 3.63) is 35.1 Å². The van der Waals surface area contributed by atoms with Gasteiger partial charge in [-0.25, -0.2) is 4.39 Å². The van der Waals surface area contributed by atoms with Crippen LogP contribution in [0.5, 0.6) is 0 Å². The number of amides is 2. The molecule has 0 radical (unpaired) electrons. The van der Waals surface area contributed by atoms with E-state index in [1.165, 1.54) is 0 Å². The van der Waals surface area contributed by atoms with Gasteiger partial charge in [-0.15, -0.1) is 0 Å². The molecule has 1 aromatic rings. The summed E-state index contributed by atoms with van der Waals surface area (Å²) in [7, 11) is 0. The summed E-state index contributed by atoms with van der Waals surface area (Å²) in [5.41, 5.74) is -1.85. The van der Waals surface area contributed by atoms with Crippen LogP contribution in [0.2, 0.25) is 0 Å². The van der Waals surface area contributed by atoms with Crippen LogP contribution in [0.3, 0.4) is 0 Å². The largest absolute Gasteiger partial charge is 0.416 e. The van der Waals surface area contributed by atoms with Crippen molar-refractivity contribution < 1.29 is 27.2 Å². The van der Waals surface area contributed by atoms with Crippen molar-refractivity contribution in [3.8, 4) is 0 Å². The van der Waals surface area contributed by atoms with Crippen molar-refractivity contribution in [1.29, 1.82) is 0 Å². The zero-order valence-corrected chi connectivity index (χ0v) is 9.63. The number of rotatable bonds is 1. The molecule has 1 aromatic carbocycles. The van der Waals surface area contributed by atoms with E-state index in [1.54, 1.807) is 0 Å². The summed E-state index contributed by atoms with van der Waals surface area (Å²) in [5.74, 6) is -2.59. The third-order valence-electron chi connectivity index (χ3n) is 2.84. The van der Waals surface area contributed by atoms with E-state index in [4.69, 9.17) is 0 Å². The second kappa shape index (κ2) is 4.64. The molecule has 1 aliphatic heterocycles. The molecule has 0 saturated carbocycles. The molecule has 0 unspecified atom stereocenters. The maximum Gasteiger partial charge on any atom is 0.416 e. The fourth-order valence-corrected chi connectivity index (χ4v) is 1.87. The van der Waals surface area contributed by atoms with Crippen LogP contribution in [0.25, 0.3) is 0 Å². The molecular formula is C12H9F4NO2. The molecule has 0 atom stereocenters. The van der Waals surface area contributed by atoms with Gasteiger partial charge in [0.15, 0.2) is 0 Å². The number of carbonyl (C=O) groups is 2. The first-order chi connectivity index (χ1) is 8.80. The number of benzene rings is 1. The van der Waals surface area contributed by atoms with Gasteiger partial charge in [0.25, 0.3) is 5.91 Å². The van der Waals surface area contributed by atoms with Gasteiger partial charge in [-0.2, -0.15) is 13.2 Å². The average Bonchev–Trinajstić information content (AvgIpc) is 2.73. The predicted octanol–water partition coefficient (Wildman–Crippen LogP) is 2.61. The van der Waals surface area contributed by atoms with Crippen molar-refractivity contribution in [2.24, 2.45) is 0 Å². The number of hydrogen-bond donors (Lipinski definition) is 0. The van der Waals surface area contributed by atoms with E-state index < -0.39 is 34.9 Å². The van der Waals surface area contributed by atoms with Crippen molar-refractivity contribution in [3.63, 3.8) is 0 Å². The van der Waals surface area contributed by atoms with Gasteiger partial charge in [0.1, 0.15) is 5.82 Å². The SMILES string of the molecule is O=C1CCCN1C(=O)c1cc(C(F)(F)F)ccc1F. The third kappa shape index (κ3) is 2.59. The van der Waals surface area contributed by atoms with E-state index in [9.17, 15) is 27.2 Å². The second-order valence-corrected chi connectivity index (χ2v) is 4.15. The minimum Gasteiger partial charge on any atom is -0.278 e. The zero-order valence-electron chi connectivity index (χ0n) is 9.63. The van der Waals surface area contributed by atoms with E-state index in [2.05, 4.69) is 0 Å². The molecule has 2 amide bonds. The van der Waals surface area contributed by atoms with E-state index in [0.717, 1.165) is 4.90 Å². The first-order valence-electron chi connectivity index (χ1n) is 5.52. The molecule has 1 heterocycles. The average molecular weight is 275 g/mol. The Morgan fingerprint density at radius 2 is 1.95 bits per heavy atom. The first kappa shape index (κ1) is 13.5. The summed E-state index contributed by atoms with van der Waals surface area (Å²) in [6.45, 7) is 0.105. The lowest BCUT2D eigenvalue weighted by Gasteiger charge is -2.15. The number of halogens is 4. The summed E-state index contributed by atoms with van der Waals surface area (Å²) in [4.78, 5) is 24.0. The minimum atomic E-state index is -4.67. The molecule has 2 rings (SSSR count). The van der Waals surface area contributed by atoms with Crippen LogP contribution in [-0.4, -0.2) is 23.3 Å². The Balaban J connectivity index is 2.38. The monoisotopic (exact) mass is 275 g/mol. The van der Waals surface area contributed by atoms with Gasteiger partial charge in [-0.1, -0.05) is 0 Å². The maximum atomic E-state index is 13.5. The fourth-order valence-electron chi connectivity index (χ4n) is 1.87. The van der Waals surface area contributed by atoms with E-state index in [-0.39, 0.29) is 13.0 Å². The molecule has 3 nitrogen and oxygen atoms in total. The normalized spacial score (nSPS) is 16.0. The molecule has 1 fully saturated rings. The Bertz CT molecular complexity index is 539. The van der Waals surface area contributed by atoms with Crippen molar-refractivity contribution in [1.82, 2.24) is 4.90 Å². The Morgan fingerprint density at radius 1 is 1.26 bits per heavy atom. The Labute approximate surface area is 105 Å². The standard InChI is InChI=1S/C12H9F4NO2/c13-9-4-3-7(12(14,15)16)6-8(9)11(19)17-5-1-2-10(17)18/h3-4,6H,1-2,5H2. The molecule has 0 bridgehead atoms. The summed E-state index contributed by atoms with van der Waals surface area (Å²) in [5, 5.41) is 0. The minimum absolute atomic E-state index is 0.105. The van der Waals surface area contributed by atoms with Gasteiger partial charge in [-0.3, -0.25) is 14.5 Å². The lowest BCUT2D eigenvalue weighted by molar-refractivity contribution is -0.137. The fraction of sp³-hybridized carbons (Fsp3) is 0.333. The highest BCUT2D eigenvalue weighted by atomic mass is 19.4. The number of likely N-dealkylation sites (tertiary alicyclic amines) is 1. The summed E-state index contributed by atoms with van der Waals surface area (Å²) < 4.78 is 51.0. The summed E-state index contributed by atoms with van der Waals surface area (Å²) >= 11 is 0. The summed E-state index contributed by atoms with van der Waals surface area (Å²) in [6.07, 6.45) is -4.09. The molecule has 19 heavy (non-hydrogen) atoms. The molecule has 0 N–H and O–H groups in total. The van der Waals surface area contributed by atoms with Crippen LogP contribution < -0.4 is 0 Å². The molecule has 7 heteroatoms. The zero-order chi connectivity index (χ0) is 14.2. The van der Waals surface area contributed by atoms with Crippen LogP contribution in [0.1, 0.15) is 28.8 Å². The van der Waals surface area contributed by atoms with E-state index in [0.29, 0.717) is 24.6 Å². The second-order valence-electron chi connectivity index (χ2n) is 4.15. The highest BCUT2D eigenvalue weighted by Crippen LogP contribution is 2.31. The summed E-state index contributed by atoms with van der Waals surface area (Å²) in [6, 6.07) is 1.57. The van der Waals surface area contributed by atoms with E-state index in [1.807, 2.05) is 0 Å². The van der Waals surface area contributed by atoms with E-state index >= 15 is 0 Å². The van der Waals surface area contributed by atoms with Crippen LogP contribution in [0.15, 0.2) is 18.2 Å². The van der Waals surface area contributed by atoms with Crippen LogP contribution in [0.4, 0.5) is 17.6 Å². The number of hydrogen-bond acceptors (Lipinski definition) is 2. The smallest absolute Gasteiger partial charge is 0.278 e. The topological polar surface area (TPSA) is 37.4 Å². The molecule has 102 valence electrons. The van der Waals surface area contributed by atoms with Gasteiger partial charge in [-0.05, 0) is 24.6 Å². The lowest BCUT2D eigenvalue weighted by Crippen LogP contribution is -2.32. The van der Waals surface area contributed by atoms with Crippen molar-refractivity contribution in [2.45, 2.75) is 19.0 Å². The third-order valence-corrected chi connectivity index (χ3v) is 2.84. The first-order valence-corrected chi connectivity index (χ1v) is 5.52. The van der Waals surface area contributed by atoms with Crippen LogP contribution in [-0.2, 0) is 11.0 Å². The predicted molar refractivity (Wildman–Crippen MR) is 56.7 cm³/mol. The van der Waals surface area contributed by atoms with Crippen molar-refractivity contribution >= 4 is 11.8 Å². The number of carbonyl (C=O) groups excluding carboxylic acids is 2. The molecule has 0 spiro atoms. The number of nitrogens with zero attached hydrogens (tertiary/aromatic N) is 1. The Morgan fingerprint density at radius 3 is 2.47 bits per heavy atom. The van der Waals surface area contributed by atoms with Gasteiger partial charge in [0, 0.05) is 13.0 Å². The molecule has 0 aromatic heterocycles. The quantitative estimate of drug-likeness (QED) is 0.583. The molecule has 1 saturated heterocycles. The highest BCUT2D eigenvalue weighted by molar-refractivity contribution is 6.05. The maximum absolute atomic E-state index is 13.5. The molecular weight excluding hydrogens is 266 g/mol. The number of alkyl halides is 3. The number of imide groups is 1. The Hall–Kier alpha value is -1.92.